The molecule has 10 heteroatoms. The highest BCUT2D eigenvalue weighted by molar-refractivity contribution is 6.58. The van der Waals surface area contributed by atoms with E-state index in [0.717, 1.165) is 0 Å². The Balaban J connectivity index is 3.07. The van der Waals surface area contributed by atoms with E-state index in [1.165, 1.54) is 0 Å². The molecule has 0 aromatic heterocycles. The summed E-state index contributed by atoms with van der Waals surface area (Å²) in [5.74, 6) is -20.8. The summed E-state index contributed by atoms with van der Waals surface area (Å²) in [6.07, 6.45) is 0. The summed E-state index contributed by atoms with van der Waals surface area (Å²) in [7, 11) is 0. The second-order valence-corrected chi connectivity index (χ2v) is 4.74. The van der Waals surface area contributed by atoms with Crippen LogP contribution in [0.25, 0.3) is 5.57 Å². The average molecular weight is 343 g/mol. The van der Waals surface area contributed by atoms with Gasteiger partial charge in [-0.15, -0.1) is 0 Å². The first-order valence-corrected chi connectivity index (χ1v) is 5.40. The summed E-state index contributed by atoms with van der Waals surface area (Å²) < 4.78 is 105. The Morgan fingerprint density at radius 2 is 1.15 bits per heavy atom. The Kier molecular flexibility index (Phi) is 3.26. The quantitative estimate of drug-likeness (QED) is 0.348. The van der Waals surface area contributed by atoms with Gasteiger partial charge >= 0.3 is 11.8 Å². The first kappa shape index (κ1) is 15.4. The second kappa shape index (κ2) is 4.24. The normalized spacial score (nSPS) is 19.2. The number of alkyl halides is 4. The predicted octanol–water partition coefficient (Wildman–Crippen LogP) is 5.13. The largest absolute Gasteiger partial charge is 0.343 e. The molecule has 0 nitrogen and oxygen atoms in total. The van der Waals surface area contributed by atoms with Crippen molar-refractivity contribution in [1.29, 1.82) is 0 Å². The van der Waals surface area contributed by atoms with Gasteiger partial charge in [-0.3, -0.25) is 0 Å². The zero-order valence-electron chi connectivity index (χ0n) is 8.78. The monoisotopic (exact) mass is 342 g/mol. The number of benzene rings is 1. The molecule has 0 saturated heterocycles. The smallest absolute Gasteiger partial charge is 0.203 e. The molecular weight excluding hydrogens is 343 g/mol. The van der Waals surface area contributed by atoms with Crippen molar-refractivity contribution < 1.29 is 35.1 Å². The highest BCUT2D eigenvalue weighted by Crippen LogP contribution is 2.61. The van der Waals surface area contributed by atoms with E-state index in [2.05, 4.69) is 0 Å². The fourth-order valence-corrected chi connectivity index (χ4v) is 2.27. The fourth-order valence-electron chi connectivity index (χ4n) is 1.85. The van der Waals surface area contributed by atoms with Gasteiger partial charge < -0.3 is 0 Å². The molecule has 0 amide bonds. The Hall–Kier alpha value is -1.02. The molecule has 0 N–H and O–H groups in total. The molecule has 0 saturated carbocycles. The van der Waals surface area contributed by atoms with Gasteiger partial charge in [-0.2, -0.15) is 17.6 Å². The van der Waals surface area contributed by atoms with Crippen LogP contribution in [0.5, 0.6) is 0 Å². The Morgan fingerprint density at radius 3 is 1.60 bits per heavy atom. The van der Waals surface area contributed by atoms with Gasteiger partial charge in [0.15, 0.2) is 23.3 Å². The van der Waals surface area contributed by atoms with Crippen molar-refractivity contribution in [2.24, 2.45) is 0 Å². The van der Waals surface area contributed by atoms with Crippen LogP contribution in [0, 0.1) is 23.3 Å². The van der Waals surface area contributed by atoms with E-state index in [0.29, 0.717) is 0 Å². The van der Waals surface area contributed by atoms with Gasteiger partial charge in [0, 0.05) is 5.56 Å². The van der Waals surface area contributed by atoms with Gasteiger partial charge in [-0.1, -0.05) is 23.2 Å². The van der Waals surface area contributed by atoms with E-state index in [1.807, 2.05) is 0 Å². The van der Waals surface area contributed by atoms with Crippen molar-refractivity contribution >= 4 is 28.8 Å². The molecule has 2 rings (SSSR count). The van der Waals surface area contributed by atoms with Crippen molar-refractivity contribution in [3.63, 3.8) is 0 Å². The molecule has 20 heavy (non-hydrogen) atoms. The van der Waals surface area contributed by atoms with Gasteiger partial charge in [0.05, 0.1) is 11.1 Å². The molecule has 0 fully saturated rings. The van der Waals surface area contributed by atoms with Crippen molar-refractivity contribution in [2.45, 2.75) is 11.8 Å². The molecule has 0 aliphatic heterocycles. The minimum Gasteiger partial charge on any atom is -0.203 e. The second-order valence-electron chi connectivity index (χ2n) is 3.79. The first-order valence-electron chi connectivity index (χ1n) is 4.64. The van der Waals surface area contributed by atoms with E-state index < -0.39 is 56.3 Å². The van der Waals surface area contributed by atoms with Crippen LogP contribution in [-0.4, -0.2) is 5.92 Å². The number of hydrogen-bond donors (Lipinski definition) is 0. The summed E-state index contributed by atoms with van der Waals surface area (Å²) in [5, 5.41) is 0. The number of halogens is 10. The summed E-state index contributed by atoms with van der Waals surface area (Å²) in [4.78, 5) is 0. The molecular formula is C10Cl2F8. The van der Waals surface area contributed by atoms with E-state index in [9.17, 15) is 35.1 Å². The molecule has 110 valence electrons. The van der Waals surface area contributed by atoms with Gasteiger partial charge in [0.1, 0.15) is 4.49 Å². The lowest BCUT2D eigenvalue weighted by atomic mass is 10.1. The van der Waals surface area contributed by atoms with Crippen LogP contribution < -0.4 is 0 Å². The fraction of sp³-hybridized carbons (Fsp3) is 0.200. The predicted molar refractivity (Wildman–Crippen MR) is 53.7 cm³/mol. The van der Waals surface area contributed by atoms with Crippen molar-refractivity contribution in [1.82, 2.24) is 0 Å². The lowest BCUT2D eigenvalue weighted by Crippen LogP contribution is -2.34. The average Bonchev–Trinajstić information content (AvgIpc) is 2.48. The molecule has 0 atom stereocenters. The summed E-state index contributed by atoms with van der Waals surface area (Å²) in [6.45, 7) is 0. The van der Waals surface area contributed by atoms with E-state index in [4.69, 9.17) is 23.2 Å². The topological polar surface area (TPSA) is 0 Å². The van der Waals surface area contributed by atoms with Gasteiger partial charge in [0.25, 0.3) is 0 Å². The third-order valence-corrected chi connectivity index (χ3v) is 3.11. The van der Waals surface area contributed by atoms with Crippen molar-refractivity contribution in [3.05, 3.63) is 38.9 Å². The van der Waals surface area contributed by atoms with Crippen LogP contribution in [-0.2, 0) is 5.92 Å². The zero-order valence-corrected chi connectivity index (χ0v) is 10.3. The molecule has 0 spiro atoms. The van der Waals surface area contributed by atoms with Crippen molar-refractivity contribution in [2.75, 3.05) is 0 Å². The third kappa shape index (κ3) is 1.60. The van der Waals surface area contributed by atoms with Gasteiger partial charge in [0.2, 0.25) is 0 Å². The summed E-state index contributed by atoms with van der Waals surface area (Å²) in [5.41, 5.74) is -6.21. The molecule has 0 heterocycles. The van der Waals surface area contributed by atoms with Crippen LogP contribution in [0.4, 0.5) is 35.1 Å². The summed E-state index contributed by atoms with van der Waals surface area (Å²) in [6, 6.07) is 0. The molecule has 0 bridgehead atoms. The molecule has 0 unspecified atom stereocenters. The Labute approximate surface area is 115 Å². The van der Waals surface area contributed by atoms with Crippen LogP contribution in [0.2, 0.25) is 0 Å². The molecule has 1 aliphatic rings. The van der Waals surface area contributed by atoms with Crippen LogP contribution in [0.3, 0.4) is 0 Å². The van der Waals surface area contributed by atoms with Gasteiger partial charge in [-0.25, -0.2) is 17.6 Å². The van der Waals surface area contributed by atoms with E-state index >= 15 is 0 Å². The number of rotatable bonds is 0. The van der Waals surface area contributed by atoms with E-state index in [-0.39, 0.29) is 0 Å². The number of allylic oxidation sites excluding steroid dienone is 1. The SMILES string of the molecule is Fc1c(F)c(F)c2c(c1F)C(=C(Cl)Cl)C(F)(F)C2(F)F. The molecule has 1 aliphatic carbocycles. The van der Waals surface area contributed by atoms with Crippen LogP contribution in [0.15, 0.2) is 4.49 Å². The zero-order chi connectivity index (χ0) is 15.6. The van der Waals surface area contributed by atoms with Crippen molar-refractivity contribution in [3.8, 4) is 0 Å². The maximum atomic E-state index is 13.5. The van der Waals surface area contributed by atoms with Gasteiger partial charge in [-0.05, 0) is 0 Å². The Morgan fingerprint density at radius 1 is 0.700 bits per heavy atom. The number of fused-ring (bicyclic) bond motifs is 1. The van der Waals surface area contributed by atoms with E-state index in [1.54, 1.807) is 0 Å². The highest BCUT2D eigenvalue weighted by atomic mass is 35.5. The minimum absolute atomic E-state index is 1.52. The van der Waals surface area contributed by atoms with Crippen LogP contribution in [0.1, 0.15) is 11.1 Å². The summed E-state index contributed by atoms with van der Waals surface area (Å²) >= 11 is 9.93. The maximum absolute atomic E-state index is 13.5. The first-order chi connectivity index (χ1) is 8.96. The lowest BCUT2D eigenvalue weighted by Gasteiger charge is -2.20. The third-order valence-electron chi connectivity index (χ3n) is 2.73. The highest BCUT2D eigenvalue weighted by Gasteiger charge is 2.69. The molecule has 1 aromatic carbocycles. The Bertz CT molecular complexity index is 645. The van der Waals surface area contributed by atoms with Crippen LogP contribution >= 0.6 is 23.2 Å². The lowest BCUT2D eigenvalue weighted by molar-refractivity contribution is -0.173. The number of hydrogen-bond acceptors (Lipinski definition) is 0. The molecule has 0 radical (unpaired) electrons. The molecule has 1 aromatic rings. The minimum atomic E-state index is -5.34. The standard InChI is InChI=1S/C10Cl2F8/c11-8(12)3-1-2(9(17,18)10(3,19)20)5(14)7(16)6(15)4(1)13. The maximum Gasteiger partial charge on any atom is 0.343 e.